The summed E-state index contributed by atoms with van der Waals surface area (Å²) in [5, 5.41) is 3.95. The summed E-state index contributed by atoms with van der Waals surface area (Å²) < 4.78 is 4.21. The van der Waals surface area contributed by atoms with Crippen molar-refractivity contribution in [2.24, 2.45) is 0 Å². The Morgan fingerprint density at radius 3 is 2.86 bits per heavy atom. The lowest BCUT2D eigenvalue weighted by Gasteiger charge is -2.36. The van der Waals surface area contributed by atoms with Gasteiger partial charge in [0.2, 0.25) is 0 Å². The summed E-state index contributed by atoms with van der Waals surface area (Å²) >= 11 is 1.34. The molecule has 1 aromatic rings. The minimum atomic E-state index is -0.0641. The van der Waals surface area contributed by atoms with Gasteiger partial charge in [0, 0.05) is 25.2 Å². The molecule has 1 amide bonds. The molecule has 116 valence electrons. The summed E-state index contributed by atoms with van der Waals surface area (Å²) in [6.45, 7) is 1.90. The first-order valence-electron chi connectivity index (χ1n) is 7.53. The van der Waals surface area contributed by atoms with E-state index >= 15 is 0 Å². The van der Waals surface area contributed by atoms with Crippen LogP contribution in [-0.2, 0) is 0 Å². The van der Waals surface area contributed by atoms with Gasteiger partial charge in [0.1, 0.15) is 10.6 Å². The maximum atomic E-state index is 12.4. The van der Waals surface area contributed by atoms with E-state index in [9.17, 15) is 4.79 Å². The van der Waals surface area contributed by atoms with Crippen molar-refractivity contribution in [1.82, 2.24) is 14.6 Å². The van der Waals surface area contributed by atoms with Crippen LogP contribution in [0.2, 0.25) is 0 Å². The molecular weight excluding hydrogens is 286 g/mol. The molecule has 1 aromatic heterocycles. The van der Waals surface area contributed by atoms with E-state index in [2.05, 4.69) is 33.6 Å². The zero-order valence-corrected chi connectivity index (χ0v) is 13.4. The first-order valence-corrected chi connectivity index (χ1v) is 8.31. The van der Waals surface area contributed by atoms with E-state index < -0.39 is 0 Å². The minimum absolute atomic E-state index is 0.0641. The number of rotatable bonds is 4. The smallest absolute Gasteiger partial charge is 0.258 e. The number of nitrogen functional groups attached to an aromatic ring is 1. The summed E-state index contributed by atoms with van der Waals surface area (Å²) in [7, 11) is 4.21. The molecule has 1 saturated heterocycles. The summed E-state index contributed by atoms with van der Waals surface area (Å²) in [5.74, 6) is 0.297. The number of aromatic nitrogens is 1. The molecule has 1 saturated carbocycles. The Kier molecular flexibility index (Phi) is 4.03. The van der Waals surface area contributed by atoms with Crippen molar-refractivity contribution in [2.45, 2.75) is 37.8 Å². The van der Waals surface area contributed by atoms with Gasteiger partial charge in [-0.3, -0.25) is 4.79 Å². The molecule has 0 bridgehead atoms. The second-order valence-corrected chi connectivity index (χ2v) is 6.95. The highest BCUT2D eigenvalue weighted by molar-refractivity contribution is 7.11. The van der Waals surface area contributed by atoms with Crippen molar-refractivity contribution < 1.29 is 4.79 Å². The molecule has 1 aliphatic heterocycles. The molecular formula is C14H23N5OS. The van der Waals surface area contributed by atoms with Crippen molar-refractivity contribution in [1.29, 1.82) is 0 Å². The predicted octanol–water partition coefficient (Wildman–Crippen LogP) is 1.15. The van der Waals surface area contributed by atoms with E-state index in [1.54, 1.807) is 0 Å². The quantitative estimate of drug-likeness (QED) is 0.873. The third-order valence-electron chi connectivity index (χ3n) is 4.25. The van der Waals surface area contributed by atoms with E-state index in [-0.39, 0.29) is 5.91 Å². The molecule has 7 heteroatoms. The van der Waals surface area contributed by atoms with Crippen LogP contribution in [0, 0.1) is 0 Å². The van der Waals surface area contributed by atoms with Gasteiger partial charge in [0.15, 0.2) is 5.82 Å². The Balaban J connectivity index is 1.79. The van der Waals surface area contributed by atoms with Gasteiger partial charge in [-0.05, 0) is 51.3 Å². The van der Waals surface area contributed by atoms with Crippen molar-refractivity contribution in [3.8, 4) is 0 Å². The fraction of sp³-hybridized carbons (Fsp3) is 0.714. The molecule has 0 radical (unpaired) electrons. The molecule has 6 nitrogen and oxygen atoms in total. The van der Waals surface area contributed by atoms with Crippen LogP contribution in [0.15, 0.2) is 0 Å². The number of anilines is 2. The first kappa shape index (κ1) is 14.6. The second kappa shape index (κ2) is 5.81. The minimum Gasteiger partial charge on any atom is -0.382 e. The molecule has 1 atom stereocenters. The molecule has 2 heterocycles. The number of piperidine rings is 1. The Hall–Kier alpha value is -1.34. The highest BCUT2D eigenvalue weighted by Crippen LogP contribution is 2.33. The summed E-state index contributed by atoms with van der Waals surface area (Å²) in [6, 6.07) is 0.849. The molecule has 21 heavy (non-hydrogen) atoms. The highest BCUT2D eigenvalue weighted by atomic mass is 32.1. The van der Waals surface area contributed by atoms with Crippen LogP contribution in [0.1, 0.15) is 36.0 Å². The zero-order valence-electron chi connectivity index (χ0n) is 12.6. The molecule has 1 aliphatic carbocycles. The molecule has 0 aromatic carbocycles. The standard InChI is InChI=1S/C14H23N5OS/c1-18(2)10-4-3-7-19(8-10)14-11(12(15)17-21-14)13(20)16-9-5-6-9/h9-10H,3-8H2,1-2H3,(H2,15,17)(H,16,20). The number of carbonyl (C=O) groups is 1. The SMILES string of the molecule is CN(C)C1CCCN(c2snc(N)c2C(=O)NC2CC2)C1. The van der Waals surface area contributed by atoms with Gasteiger partial charge in [-0.25, -0.2) is 0 Å². The largest absolute Gasteiger partial charge is 0.382 e. The number of hydrogen-bond donors (Lipinski definition) is 2. The van der Waals surface area contributed by atoms with Crippen LogP contribution in [0.3, 0.4) is 0 Å². The van der Waals surface area contributed by atoms with Gasteiger partial charge in [-0.2, -0.15) is 4.37 Å². The maximum absolute atomic E-state index is 12.4. The molecule has 2 fully saturated rings. The number of nitrogens with zero attached hydrogens (tertiary/aromatic N) is 3. The number of nitrogens with two attached hydrogens (primary N) is 1. The van der Waals surface area contributed by atoms with Crippen LogP contribution in [0.4, 0.5) is 10.8 Å². The maximum Gasteiger partial charge on any atom is 0.258 e. The average molecular weight is 309 g/mol. The Morgan fingerprint density at radius 2 is 2.19 bits per heavy atom. The summed E-state index contributed by atoms with van der Waals surface area (Å²) in [4.78, 5) is 16.9. The monoisotopic (exact) mass is 309 g/mol. The van der Waals surface area contributed by atoms with Crippen molar-refractivity contribution >= 4 is 28.3 Å². The summed E-state index contributed by atoms with van der Waals surface area (Å²) in [5.41, 5.74) is 6.52. The fourth-order valence-electron chi connectivity index (χ4n) is 2.77. The Labute approximate surface area is 129 Å². The van der Waals surface area contributed by atoms with E-state index in [1.165, 1.54) is 18.0 Å². The second-order valence-electron chi connectivity index (χ2n) is 6.20. The van der Waals surface area contributed by atoms with Gasteiger partial charge in [-0.15, -0.1) is 0 Å². The van der Waals surface area contributed by atoms with Crippen LogP contribution < -0.4 is 16.0 Å². The lowest BCUT2D eigenvalue weighted by Crippen LogP contribution is -2.45. The number of amides is 1. The van der Waals surface area contributed by atoms with Gasteiger partial charge < -0.3 is 20.9 Å². The van der Waals surface area contributed by atoms with Crippen molar-refractivity contribution in [3.63, 3.8) is 0 Å². The van der Waals surface area contributed by atoms with E-state index in [0.29, 0.717) is 23.5 Å². The van der Waals surface area contributed by atoms with Gasteiger partial charge >= 0.3 is 0 Å². The number of carbonyl (C=O) groups excluding carboxylic acids is 1. The van der Waals surface area contributed by atoms with Crippen molar-refractivity contribution in [2.75, 3.05) is 37.8 Å². The van der Waals surface area contributed by atoms with E-state index in [0.717, 1.165) is 37.4 Å². The number of hydrogen-bond acceptors (Lipinski definition) is 6. The summed E-state index contributed by atoms with van der Waals surface area (Å²) in [6.07, 6.45) is 4.47. The van der Waals surface area contributed by atoms with Gasteiger partial charge in [-0.1, -0.05) is 0 Å². The van der Waals surface area contributed by atoms with Crippen LogP contribution >= 0.6 is 11.5 Å². The van der Waals surface area contributed by atoms with Crippen LogP contribution in [-0.4, -0.2) is 54.4 Å². The van der Waals surface area contributed by atoms with Crippen LogP contribution in [0.25, 0.3) is 0 Å². The topological polar surface area (TPSA) is 74.5 Å². The number of likely N-dealkylation sites (N-methyl/N-ethyl adjacent to an activating group) is 1. The third-order valence-corrected chi connectivity index (χ3v) is 5.18. The first-order chi connectivity index (χ1) is 10.1. The highest BCUT2D eigenvalue weighted by Gasteiger charge is 2.31. The van der Waals surface area contributed by atoms with E-state index in [1.807, 2.05) is 0 Å². The lowest BCUT2D eigenvalue weighted by atomic mass is 10.0. The van der Waals surface area contributed by atoms with Crippen molar-refractivity contribution in [3.05, 3.63) is 5.56 Å². The molecule has 3 N–H and O–H groups in total. The molecule has 2 aliphatic rings. The lowest BCUT2D eigenvalue weighted by molar-refractivity contribution is 0.0952. The Bertz CT molecular complexity index is 525. The average Bonchev–Trinajstić information content (AvgIpc) is 3.18. The number of nitrogens with one attached hydrogen (secondary N) is 1. The molecule has 0 spiro atoms. The van der Waals surface area contributed by atoms with Crippen LogP contribution in [0.5, 0.6) is 0 Å². The zero-order chi connectivity index (χ0) is 15.0. The third kappa shape index (κ3) is 3.13. The fourth-order valence-corrected chi connectivity index (χ4v) is 3.61. The van der Waals surface area contributed by atoms with E-state index in [4.69, 9.17) is 5.73 Å². The normalized spacial score (nSPS) is 22.6. The predicted molar refractivity (Wildman–Crippen MR) is 85.9 cm³/mol. The Morgan fingerprint density at radius 1 is 1.43 bits per heavy atom. The molecule has 3 rings (SSSR count). The molecule has 1 unspecified atom stereocenters. The van der Waals surface area contributed by atoms with Gasteiger partial charge in [0.05, 0.1) is 0 Å². The van der Waals surface area contributed by atoms with Gasteiger partial charge in [0.25, 0.3) is 5.91 Å².